The molecule has 2 aliphatic heterocycles. The molecule has 0 saturated carbocycles. The highest BCUT2D eigenvalue weighted by Crippen LogP contribution is 2.52. The number of rotatable bonds is 3. The zero-order valence-corrected chi connectivity index (χ0v) is 16.6. The summed E-state index contributed by atoms with van der Waals surface area (Å²) in [5.41, 5.74) is 3.41. The largest absolute Gasteiger partial charge is 0.311 e. The van der Waals surface area contributed by atoms with E-state index in [0.29, 0.717) is 17.9 Å². The SMILES string of the molecule is C#CCN1C(=O)[C@]2(CC(=O)Nc3c2cnn3Cc2ccc(C)cc2)c2ccccc21. The Labute approximate surface area is 174 Å². The minimum Gasteiger partial charge on any atom is -0.311 e. The third-order valence-corrected chi connectivity index (χ3v) is 5.95. The van der Waals surface area contributed by atoms with Crippen LogP contribution in [0.1, 0.15) is 28.7 Å². The minimum atomic E-state index is -1.10. The van der Waals surface area contributed by atoms with Crippen molar-refractivity contribution in [2.45, 2.75) is 25.3 Å². The van der Waals surface area contributed by atoms with Crippen LogP contribution in [0.5, 0.6) is 0 Å². The second kappa shape index (κ2) is 6.60. The maximum Gasteiger partial charge on any atom is 0.243 e. The number of benzene rings is 2. The van der Waals surface area contributed by atoms with Gasteiger partial charge in [-0.25, -0.2) is 4.68 Å². The van der Waals surface area contributed by atoms with Crippen molar-refractivity contribution in [1.82, 2.24) is 9.78 Å². The Bertz CT molecular complexity index is 1220. The van der Waals surface area contributed by atoms with Crippen LogP contribution in [0.25, 0.3) is 0 Å². The van der Waals surface area contributed by atoms with Gasteiger partial charge in [-0.1, -0.05) is 53.9 Å². The molecule has 1 spiro atoms. The van der Waals surface area contributed by atoms with Crippen LogP contribution in [-0.4, -0.2) is 28.1 Å². The van der Waals surface area contributed by atoms with Gasteiger partial charge in [-0.3, -0.25) is 14.5 Å². The molecular formula is C24H20N4O2. The zero-order valence-electron chi connectivity index (χ0n) is 16.6. The van der Waals surface area contributed by atoms with E-state index in [1.165, 1.54) is 5.56 Å². The molecule has 3 aromatic rings. The number of carbonyl (C=O) groups is 2. The number of hydrogen-bond donors (Lipinski definition) is 1. The predicted octanol–water partition coefficient (Wildman–Crippen LogP) is 2.85. The topological polar surface area (TPSA) is 67.2 Å². The Kier molecular flexibility index (Phi) is 4.00. The number of nitrogens with one attached hydrogen (secondary N) is 1. The van der Waals surface area contributed by atoms with Gasteiger partial charge in [0.2, 0.25) is 11.8 Å². The summed E-state index contributed by atoms with van der Waals surface area (Å²) in [5, 5.41) is 7.48. The number of aromatic nitrogens is 2. The molecule has 1 aromatic heterocycles. The Balaban J connectivity index is 1.65. The van der Waals surface area contributed by atoms with Gasteiger partial charge in [0.1, 0.15) is 11.2 Å². The molecule has 6 nitrogen and oxygen atoms in total. The minimum absolute atomic E-state index is 0.0349. The summed E-state index contributed by atoms with van der Waals surface area (Å²) in [6.45, 7) is 2.69. The maximum absolute atomic E-state index is 13.7. The first-order valence-corrected chi connectivity index (χ1v) is 9.81. The van der Waals surface area contributed by atoms with Crippen LogP contribution in [0, 0.1) is 19.3 Å². The lowest BCUT2D eigenvalue weighted by atomic mass is 9.72. The second-order valence-electron chi connectivity index (χ2n) is 7.79. The van der Waals surface area contributed by atoms with E-state index in [9.17, 15) is 9.59 Å². The van der Waals surface area contributed by atoms with Crippen LogP contribution in [-0.2, 0) is 21.5 Å². The number of anilines is 2. The summed E-state index contributed by atoms with van der Waals surface area (Å²) in [7, 11) is 0. The fraction of sp³-hybridized carbons (Fsp3) is 0.208. The molecule has 5 rings (SSSR count). The van der Waals surface area contributed by atoms with Gasteiger partial charge in [-0.15, -0.1) is 6.42 Å². The average molecular weight is 396 g/mol. The molecule has 0 radical (unpaired) electrons. The van der Waals surface area contributed by atoms with Crippen molar-refractivity contribution in [2.24, 2.45) is 0 Å². The van der Waals surface area contributed by atoms with E-state index < -0.39 is 5.41 Å². The van der Waals surface area contributed by atoms with E-state index in [1.54, 1.807) is 15.8 Å². The Morgan fingerprint density at radius 1 is 1.13 bits per heavy atom. The number of fused-ring (bicyclic) bond motifs is 4. The molecular weight excluding hydrogens is 376 g/mol. The van der Waals surface area contributed by atoms with Crippen molar-refractivity contribution >= 4 is 23.3 Å². The number of para-hydroxylation sites is 1. The molecule has 6 heteroatoms. The van der Waals surface area contributed by atoms with Crippen molar-refractivity contribution < 1.29 is 9.59 Å². The molecule has 0 bridgehead atoms. The van der Waals surface area contributed by atoms with E-state index in [2.05, 4.69) is 16.3 Å². The van der Waals surface area contributed by atoms with Gasteiger partial charge in [0.05, 0.1) is 19.3 Å². The standard InChI is InChI=1S/C24H20N4O2/c1-3-12-27-20-7-5-4-6-18(20)24(23(27)30)13-21(29)26-22-19(24)14-25-28(22)15-17-10-8-16(2)9-11-17/h1,4-11,14H,12-13,15H2,2H3,(H,26,29)/t24-/m1/s1. The number of hydrogen-bond acceptors (Lipinski definition) is 3. The molecule has 1 N–H and O–H groups in total. The lowest BCUT2D eigenvalue weighted by Gasteiger charge is -2.32. The van der Waals surface area contributed by atoms with Gasteiger partial charge >= 0.3 is 0 Å². The number of carbonyl (C=O) groups excluding carboxylic acids is 2. The van der Waals surface area contributed by atoms with Crippen LogP contribution in [0.4, 0.5) is 11.5 Å². The van der Waals surface area contributed by atoms with E-state index >= 15 is 0 Å². The van der Waals surface area contributed by atoms with Gasteiger partial charge in [-0.2, -0.15) is 5.10 Å². The molecule has 0 saturated heterocycles. The Morgan fingerprint density at radius 3 is 2.67 bits per heavy atom. The normalized spacial score (nSPS) is 19.4. The van der Waals surface area contributed by atoms with Crippen LogP contribution in [0.2, 0.25) is 0 Å². The highest BCUT2D eigenvalue weighted by Gasteiger charge is 2.56. The Hall–Kier alpha value is -3.85. The molecule has 2 aromatic carbocycles. The molecule has 2 aliphatic rings. The summed E-state index contributed by atoms with van der Waals surface area (Å²) < 4.78 is 1.75. The van der Waals surface area contributed by atoms with Gasteiger partial charge in [0.15, 0.2) is 0 Å². The molecule has 2 amide bonds. The summed E-state index contributed by atoms with van der Waals surface area (Å²) in [5.74, 6) is 2.75. The van der Waals surface area contributed by atoms with E-state index in [-0.39, 0.29) is 24.8 Å². The third-order valence-electron chi connectivity index (χ3n) is 5.95. The molecule has 0 aliphatic carbocycles. The quantitative estimate of drug-likeness (QED) is 0.693. The first-order chi connectivity index (χ1) is 14.5. The summed E-state index contributed by atoms with van der Waals surface area (Å²) in [6, 6.07) is 15.7. The number of amides is 2. The Morgan fingerprint density at radius 2 is 1.90 bits per heavy atom. The zero-order chi connectivity index (χ0) is 20.9. The second-order valence-corrected chi connectivity index (χ2v) is 7.79. The van der Waals surface area contributed by atoms with Crippen LogP contribution in [0.3, 0.4) is 0 Å². The van der Waals surface area contributed by atoms with Crippen LogP contribution >= 0.6 is 0 Å². The van der Waals surface area contributed by atoms with E-state index in [1.807, 2.05) is 55.5 Å². The summed E-state index contributed by atoms with van der Waals surface area (Å²) in [4.78, 5) is 28.0. The molecule has 0 unspecified atom stereocenters. The fourth-order valence-corrected chi connectivity index (χ4v) is 4.53. The summed E-state index contributed by atoms with van der Waals surface area (Å²) >= 11 is 0. The first kappa shape index (κ1) is 18.2. The number of terminal acetylenes is 1. The lowest BCUT2D eigenvalue weighted by Crippen LogP contribution is -2.46. The lowest BCUT2D eigenvalue weighted by molar-refractivity contribution is -0.126. The van der Waals surface area contributed by atoms with Crippen LogP contribution < -0.4 is 10.2 Å². The van der Waals surface area contributed by atoms with Crippen molar-refractivity contribution in [3.63, 3.8) is 0 Å². The van der Waals surface area contributed by atoms with Gasteiger partial charge in [0, 0.05) is 17.7 Å². The number of aryl methyl sites for hydroxylation is 1. The monoisotopic (exact) mass is 396 g/mol. The predicted molar refractivity (Wildman–Crippen MR) is 114 cm³/mol. The van der Waals surface area contributed by atoms with Crippen molar-refractivity contribution in [1.29, 1.82) is 0 Å². The summed E-state index contributed by atoms with van der Waals surface area (Å²) in [6.07, 6.45) is 7.27. The van der Waals surface area contributed by atoms with Gasteiger partial charge in [-0.05, 0) is 24.1 Å². The first-order valence-electron chi connectivity index (χ1n) is 9.81. The molecule has 148 valence electrons. The van der Waals surface area contributed by atoms with Gasteiger partial charge in [0.25, 0.3) is 0 Å². The van der Waals surface area contributed by atoms with Crippen molar-refractivity contribution in [3.8, 4) is 12.3 Å². The highest BCUT2D eigenvalue weighted by atomic mass is 16.2. The van der Waals surface area contributed by atoms with Crippen molar-refractivity contribution in [3.05, 3.63) is 77.0 Å². The maximum atomic E-state index is 13.7. The highest BCUT2D eigenvalue weighted by molar-refractivity contribution is 6.15. The van der Waals surface area contributed by atoms with E-state index in [0.717, 1.165) is 16.8 Å². The van der Waals surface area contributed by atoms with Crippen molar-refractivity contribution in [2.75, 3.05) is 16.8 Å². The third kappa shape index (κ3) is 2.49. The number of nitrogens with zero attached hydrogens (tertiary/aromatic N) is 3. The smallest absolute Gasteiger partial charge is 0.243 e. The van der Waals surface area contributed by atoms with Gasteiger partial charge < -0.3 is 5.32 Å². The molecule has 1 atom stereocenters. The average Bonchev–Trinajstić information content (AvgIpc) is 3.24. The fourth-order valence-electron chi connectivity index (χ4n) is 4.53. The molecule has 30 heavy (non-hydrogen) atoms. The molecule has 0 fully saturated rings. The van der Waals surface area contributed by atoms with Crippen LogP contribution in [0.15, 0.2) is 54.7 Å². The molecule has 3 heterocycles. The van der Waals surface area contributed by atoms with E-state index in [4.69, 9.17) is 6.42 Å².